The molecule has 2 heterocycles. The topological polar surface area (TPSA) is 57.1 Å². The fourth-order valence-corrected chi connectivity index (χ4v) is 2.67. The van der Waals surface area contributed by atoms with Crippen LogP contribution in [0.1, 0.15) is 11.1 Å². The summed E-state index contributed by atoms with van der Waals surface area (Å²) in [6.07, 6.45) is 0.478. The normalized spacial score (nSPS) is 19.2. The second kappa shape index (κ2) is 5.76. The number of esters is 1. The van der Waals surface area contributed by atoms with Crippen molar-refractivity contribution < 1.29 is 19.0 Å². The van der Waals surface area contributed by atoms with E-state index in [1.807, 2.05) is 48.5 Å². The van der Waals surface area contributed by atoms with Gasteiger partial charge in [0.15, 0.2) is 17.5 Å². The number of hydrogen-bond acceptors (Lipinski definition) is 5. The van der Waals surface area contributed by atoms with Crippen LogP contribution >= 0.6 is 0 Å². The molecule has 0 amide bonds. The van der Waals surface area contributed by atoms with Gasteiger partial charge in [-0.1, -0.05) is 24.3 Å². The zero-order chi connectivity index (χ0) is 15.6. The molecule has 5 heteroatoms. The largest absolute Gasteiger partial charge is 0.486 e. The Morgan fingerprint density at radius 2 is 1.78 bits per heavy atom. The highest BCUT2D eigenvalue weighted by Crippen LogP contribution is 2.31. The summed E-state index contributed by atoms with van der Waals surface area (Å²) >= 11 is 0. The molecule has 0 bridgehead atoms. The Hall–Kier alpha value is -2.82. The summed E-state index contributed by atoms with van der Waals surface area (Å²) < 4.78 is 16.4. The molecule has 23 heavy (non-hydrogen) atoms. The molecule has 116 valence electrons. The number of rotatable bonds is 3. The number of hydrogen-bond donors (Lipinski definition) is 0. The first-order valence-electron chi connectivity index (χ1n) is 7.53. The molecule has 2 aliphatic rings. The summed E-state index contributed by atoms with van der Waals surface area (Å²) in [6, 6.07) is 14.6. The van der Waals surface area contributed by atoms with Crippen molar-refractivity contribution in [2.45, 2.75) is 12.5 Å². The summed E-state index contributed by atoms with van der Waals surface area (Å²) in [4.78, 5) is 16.5. The van der Waals surface area contributed by atoms with E-state index in [9.17, 15) is 4.79 Å². The average Bonchev–Trinajstić information content (AvgIpc) is 2.96. The van der Waals surface area contributed by atoms with Crippen LogP contribution < -0.4 is 9.47 Å². The maximum atomic E-state index is 12.1. The Morgan fingerprint density at radius 3 is 2.61 bits per heavy atom. The van der Waals surface area contributed by atoms with Gasteiger partial charge in [0.2, 0.25) is 5.90 Å². The van der Waals surface area contributed by atoms with Crippen molar-refractivity contribution in [1.29, 1.82) is 0 Å². The van der Waals surface area contributed by atoms with Crippen molar-refractivity contribution in [3.63, 3.8) is 0 Å². The minimum atomic E-state index is -0.521. The molecular weight excluding hydrogens is 294 g/mol. The molecule has 0 saturated carbocycles. The van der Waals surface area contributed by atoms with Crippen LogP contribution in [-0.4, -0.2) is 31.1 Å². The molecule has 5 nitrogen and oxygen atoms in total. The third-order valence-corrected chi connectivity index (χ3v) is 3.80. The maximum absolute atomic E-state index is 12.1. The predicted octanol–water partition coefficient (Wildman–Crippen LogP) is 2.37. The number of carbonyl (C=O) groups is 1. The van der Waals surface area contributed by atoms with E-state index < -0.39 is 6.04 Å². The van der Waals surface area contributed by atoms with Gasteiger partial charge < -0.3 is 14.2 Å². The van der Waals surface area contributed by atoms with Crippen LogP contribution in [0.5, 0.6) is 11.5 Å². The highest BCUT2D eigenvalue weighted by molar-refractivity contribution is 6.06. The molecule has 0 aliphatic carbocycles. The van der Waals surface area contributed by atoms with E-state index in [-0.39, 0.29) is 5.97 Å². The van der Waals surface area contributed by atoms with Gasteiger partial charge in [0.05, 0.1) is 0 Å². The SMILES string of the molecule is O=C1OC(c2ccccc2)=N[C@@H]1Cc1ccc2c(c1)OCCO2. The number of nitrogens with zero attached hydrogens (tertiary/aromatic N) is 1. The Morgan fingerprint density at radius 1 is 1.00 bits per heavy atom. The average molecular weight is 309 g/mol. The first-order chi connectivity index (χ1) is 11.3. The van der Waals surface area contributed by atoms with Crippen molar-refractivity contribution in [3.05, 3.63) is 59.7 Å². The van der Waals surface area contributed by atoms with E-state index in [4.69, 9.17) is 14.2 Å². The molecular formula is C18H15NO4. The highest BCUT2D eigenvalue weighted by Gasteiger charge is 2.30. The lowest BCUT2D eigenvalue weighted by molar-refractivity contribution is -0.134. The maximum Gasteiger partial charge on any atom is 0.338 e. The molecule has 0 N–H and O–H groups in total. The number of carbonyl (C=O) groups excluding carboxylic acids is 1. The van der Waals surface area contributed by atoms with Crippen LogP contribution in [0.2, 0.25) is 0 Å². The van der Waals surface area contributed by atoms with Crippen LogP contribution in [0, 0.1) is 0 Å². The van der Waals surface area contributed by atoms with Gasteiger partial charge in [-0.05, 0) is 29.8 Å². The molecule has 0 radical (unpaired) electrons. The first kappa shape index (κ1) is 13.8. The molecule has 0 fully saturated rings. The van der Waals surface area contributed by atoms with Crippen molar-refractivity contribution in [2.24, 2.45) is 4.99 Å². The van der Waals surface area contributed by atoms with Crippen LogP contribution in [-0.2, 0) is 16.0 Å². The Bertz CT molecular complexity index is 770. The first-order valence-corrected chi connectivity index (χ1v) is 7.53. The molecule has 0 spiro atoms. The third kappa shape index (κ3) is 2.77. The van der Waals surface area contributed by atoms with E-state index in [2.05, 4.69) is 4.99 Å². The summed E-state index contributed by atoms with van der Waals surface area (Å²) in [6.45, 7) is 1.10. The van der Waals surface area contributed by atoms with Crippen molar-refractivity contribution >= 4 is 11.9 Å². The minimum absolute atomic E-state index is 0.321. The molecule has 0 saturated heterocycles. The smallest absolute Gasteiger partial charge is 0.338 e. The minimum Gasteiger partial charge on any atom is -0.486 e. The van der Waals surface area contributed by atoms with Gasteiger partial charge in [-0.25, -0.2) is 9.79 Å². The van der Waals surface area contributed by atoms with Gasteiger partial charge in [-0.3, -0.25) is 0 Å². The molecule has 2 aliphatic heterocycles. The Balaban J connectivity index is 1.54. The van der Waals surface area contributed by atoms with E-state index in [1.54, 1.807) is 0 Å². The quantitative estimate of drug-likeness (QED) is 0.817. The lowest BCUT2D eigenvalue weighted by Gasteiger charge is -2.19. The number of aliphatic imine (C=N–C) groups is 1. The summed E-state index contributed by atoms with van der Waals surface area (Å²) in [7, 11) is 0. The van der Waals surface area contributed by atoms with Crippen molar-refractivity contribution in [2.75, 3.05) is 13.2 Å². The third-order valence-electron chi connectivity index (χ3n) is 3.80. The summed E-state index contributed by atoms with van der Waals surface area (Å²) in [5.74, 6) is 1.52. The van der Waals surface area contributed by atoms with Gasteiger partial charge in [0, 0.05) is 12.0 Å². The van der Waals surface area contributed by atoms with Gasteiger partial charge in [0.25, 0.3) is 0 Å². The van der Waals surface area contributed by atoms with Gasteiger partial charge in [-0.15, -0.1) is 0 Å². The lowest BCUT2D eigenvalue weighted by atomic mass is 10.1. The van der Waals surface area contributed by atoms with E-state index >= 15 is 0 Å². The second-order valence-corrected chi connectivity index (χ2v) is 5.42. The van der Waals surface area contributed by atoms with Crippen molar-refractivity contribution in [1.82, 2.24) is 0 Å². The Kier molecular flexibility index (Phi) is 3.46. The number of ether oxygens (including phenoxy) is 3. The molecule has 1 atom stereocenters. The predicted molar refractivity (Wildman–Crippen MR) is 84.0 cm³/mol. The molecule has 2 aromatic rings. The zero-order valence-electron chi connectivity index (χ0n) is 12.4. The van der Waals surface area contributed by atoms with Crippen LogP contribution in [0.3, 0.4) is 0 Å². The van der Waals surface area contributed by atoms with E-state index in [0.717, 1.165) is 16.9 Å². The fraction of sp³-hybridized carbons (Fsp3) is 0.222. The summed E-state index contributed by atoms with van der Waals surface area (Å²) in [5.41, 5.74) is 1.78. The van der Waals surface area contributed by atoms with Gasteiger partial charge >= 0.3 is 5.97 Å². The Labute approximate surface area is 133 Å². The van der Waals surface area contributed by atoms with Gasteiger partial charge in [0.1, 0.15) is 13.2 Å². The molecule has 0 aromatic heterocycles. The van der Waals surface area contributed by atoms with Gasteiger partial charge in [-0.2, -0.15) is 0 Å². The molecule has 2 aromatic carbocycles. The number of benzene rings is 2. The van der Waals surface area contributed by atoms with E-state index in [0.29, 0.717) is 31.3 Å². The highest BCUT2D eigenvalue weighted by atomic mass is 16.6. The van der Waals surface area contributed by atoms with E-state index in [1.165, 1.54) is 0 Å². The second-order valence-electron chi connectivity index (χ2n) is 5.42. The van der Waals surface area contributed by atoms with Crippen LogP contribution in [0.15, 0.2) is 53.5 Å². The van der Waals surface area contributed by atoms with Crippen LogP contribution in [0.25, 0.3) is 0 Å². The molecule has 0 unspecified atom stereocenters. The summed E-state index contributed by atoms with van der Waals surface area (Å²) in [5, 5.41) is 0. The fourth-order valence-electron chi connectivity index (χ4n) is 2.67. The van der Waals surface area contributed by atoms with Crippen molar-refractivity contribution in [3.8, 4) is 11.5 Å². The van der Waals surface area contributed by atoms with Crippen LogP contribution in [0.4, 0.5) is 0 Å². The molecule has 4 rings (SSSR count). The lowest BCUT2D eigenvalue weighted by Crippen LogP contribution is -2.19. The number of cyclic esters (lactones) is 1. The number of fused-ring (bicyclic) bond motifs is 1. The monoisotopic (exact) mass is 309 g/mol. The standard InChI is InChI=1S/C18H15NO4/c20-18-14(19-17(23-18)13-4-2-1-3-5-13)10-12-6-7-15-16(11-12)22-9-8-21-15/h1-7,11,14H,8-10H2/t14-/m1/s1. The zero-order valence-corrected chi connectivity index (χ0v) is 12.4.